The van der Waals surface area contributed by atoms with Crippen LogP contribution >= 0.6 is 24.0 Å². The minimum atomic E-state index is -4.32. The maximum absolute atomic E-state index is 13.1. The molecule has 5 nitrogen and oxygen atoms in total. The molecule has 30 heavy (non-hydrogen) atoms. The van der Waals surface area contributed by atoms with E-state index in [-0.39, 0.29) is 29.4 Å². The monoisotopic (exact) mass is 535 g/mol. The molecule has 2 aromatic rings. The summed E-state index contributed by atoms with van der Waals surface area (Å²) in [7, 11) is 1.91. The van der Waals surface area contributed by atoms with Crippen LogP contribution in [-0.4, -0.2) is 28.8 Å². The minimum Gasteiger partial charge on any atom is -0.357 e. The van der Waals surface area contributed by atoms with Gasteiger partial charge >= 0.3 is 6.18 Å². The van der Waals surface area contributed by atoms with E-state index in [4.69, 9.17) is 0 Å². The topological polar surface area (TPSA) is 54.2 Å². The molecule has 0 saturated heterocycles. The van der Waals surface area contributed by atoms with Crippen molar-refractivity contribution in [3.8, 4) is 0 Å². The number of hydrogen-bond donors (Lipinski definition) is 2. The Morgan fingerprint density at radius 3 is 2.47 bits per heavy atom. The third kappa shape index (κ3) is 5.47. The number of rotatable bonds is 6. The van der Waals surface area contributed by atoms with Crippen molar-refractivity contribution in [1.82, 2.24) is 20.4 Å². The van der Waals surface area contributed by atoms with Gasteiger partial charge in [0.15, 0.2) is 5.96 Å². The Balaban J connectivity index is 0.00000320. The molecule has 3 rings (SSSR count). The number of aromatic nitrogens is 2. The number of aliphatic imine (C=N–C) groups is 1. The second-order valence-electron chi connectivity index (χ2n) is 7.68. The summed E-state index contributed by atoms with van der Waals surface area (Å²) in [4.78, 5) is 4.66. The summed E-state index contributed by atoms with van der Waals surface area (Å²) in [6.45, 7) is 7.70. The molecule has 0 aliphatic heterocycles. The molecular formula is C21H29F3IN5. The number of nitrogens with one attached hydrogen (secondary N) is 2. The van der Waals surface area contributed by atoms with Crippen molar-refractivity contribution in [3.63, 3.8) is 0 Å². The lowest BCUT2D eigenvalue weighted by atomic mass is 9.94. The molecule has 1 aliphatic carbocycles. The number of guanidine groups is 1. The number of halogens is 4. The fraction of sp³-hybridized carbons (Fsp3) is 0.524. The molecule has 2 N–H and O–H groups in total. The van der Waals surface area contributed by atoms with Gasteiger partial charge in [-0.05, 0) is 45.2 Å². The molecule has 1 aliphatic rings. The Morgan fingerprint density at radius 2 is 1.93 bits per heavy atom. The van der Waals surface area contributed by atoms with Gasteiger partial charge < -0.3 is 10.6 Å². The molecular weight excluding hydrogens is 506 g/mol. The average molecular weight is 535 g/mol. The minimum absolute atomic E-state index is 0. The van der Waals surface area contributed by atoms with Crippen molar-refractivity contribution >= 4 is 29.9 Å². The van der Waals surface area contributed by atoms with Gasteiger partial charge in [0, 0.05) is 36.8 Å². The first-order chi connectivity index (χ1) is 13.7. The van der Waals surface area contributed by atoms with Gasteiger partial charge in [0.25, 0.3) is 0 Å². The van der Waals surface area contributed by atoms with E-state index in [9.17, 15) is 13.2 Å². The molecule has 1 saturated carbocycles. The standard InChI is InChI=1S/C21H28F3N5.HI/c1-5-25-19(26-12-18-14(2)28-29(4)15(18)3)27-13-20(9-10-20)16-7-6-8-17(11-16)21(22,23)24;/h6-8,11H,5,9-10,12-13H2,1-4H3,(H2,25,26,27);1H. The Bertz CT molecular complexity index is 901. The molecule has 0 unspecified atom stereocenters. The van der Waals surface area contributed by atoms with Crippen LogP contribution in [0.15, 0.2) is 29.3 Å². The second-order valence-corrected chi connectivity index (χ2v) is 7.68. The smallest absolute Gasteiger partial charge is 0.357 e. The van der Waals surface area contributed by atoms with Gasteiger partial charge in [-0.3, -0.25) is 4.68 Å². The molecule has 1 aromatic carbocycles. The Morgan fingerprint density at radius 1 is 1.23 bits per heavy atom. The summed E-state index contributed by atoms with van der Waals surface area (Å²) in [6, 6.07) is 5.68. The zero-order valence-corrected chi connectivity index (χ0v) is 20.1. The third-order valence-corrected chi connectivity index (χ3v) is 5.65. The van der Waals surface area contributed by atoms with E-state index in [0.29, 0.717) is 25.6 Å². The highest BCUT2D eigenvalue weighted by atomic mass is 127. The fourth-order valence-corrected chi connectivity index (χ4v) is 3.54. The van der Waals surface area contributed by atoms with Crippen LogP contribution in [0.5, 0.6) is 0 Å². The number of alkyl halides is 3. The highest BCUT2D eigenvalue weighted by Crippen LogP contribution is 2.48. The average Bonchev–Trinajstić information content (AvgIpc) is 3.42. The summed E-state index contributed by atoms with van der Waals surface area (Å²) in [6.07, 6.45) is -2.60. The molecule has 0 bridgehead atoms. The molecule has 0 spiro atoms. The zero-order valence-electron chi connectivity index (χ0n) is 17.7. The Hall–Kier alpha value is -1.78. The number of hydrogen-bond acceptors (Lipinski definition) is 2. The van der Waals surface area contributed by atoms with Gasteiger partial charge in [0.1, 0.15) is 0 Å². The van der Waals surface area contributed by atoms with Gasteiger partial charge in [-0.25, -0.2) is 4.99 Å². The van der Waals surface area contributed by atoms with Gasteiger partial charge in [-0.15, -0.1) is 24.0 Å². The Labute approximate surface area is 192 Å². The summed E-state index contributed by atoms with van der Waals surface area (Å²) in [5.41, 5.74) is 2.98. The van der Waals surface area contributed by atoms with Gasteiger partial charge in [0.05, 0.1) is 17.8 Å². The molecule has 0 amide bonds. The van der Waals surface area contributed by atoms with Crippen LogP contribution in [0.2, 0.25) is 0 Å². The van der Waals surface area contributed by atoms with Gasteiger partial charge in [-0.1, -0.05) is 18.2 Å². The highest BCUT2D eigenvalue weighted by Gasteiger charge is 2.45. The van der Waals surface area contributed by atoms with E-state index < -0.39 is 11.7 Å². The van der Waals surface area contributed by atoms with Crippen LogP contribution in [-0.2, 0) is 25.2 Å². The van der Waals surface area contributed by atoms with Gasteiger partial charge in [-0.2, -0.15) is 18.3 Å². The van der Waals surface area contributed by atoms with Gasteiger partial charge in [0.2, 0.25) is 0 Å². The number of nitrogens with zero attached hydrogens (tertiary/aromatic N) is 3. The predicted molar refractivity (Wildman–Crippen MR) is 123 cm³/mol. The van der Waals surface area contributed by atoms with E-state index in [1.807, 2.05) is 32.5 Å². The van der Waals surface area contributed by atoms with E-state index in [2.05, 4.69) is 20.7 Å². The summed E-state index contributed by atoms with van der Waals surface area (Å²) < 4.78 is 41.0. The molecule has 0 atom stereocenters. The first-order valence-electron chi connectivity index (χ1n) is 9.85. The first kappa shape index (κ1) is 24.5. The SMILES string of the molecule is CCNC(=NCc1c(C)nn(C)c1C)NCC1(c2cccc(C(F)(F)F)c2)CC1.I. The lowest BCUT2D eigenvalue weighted by molar-refractivity contribution is -0.137. The molecule has 1 heterocycles. The normalized spacial score (nSPS) is 15.5. The molecule has 1 aromatic heterocycles. The largest absolute Gasteiger partial charge is 0.416 e. The number of aryl methyl sites for hydroxylation is 2. The predicted octanol–water partition coefficient (Wildman–Crippen LogP) is 4.46. The first-order valence-corrected chi connectivity index (χ1v) is 9.85. The van der Waals surface area contributed by atoms with Crippen molar-refractivity contribution in [2.75, 3.05) is 13.1 Å². The molecule has 166 valence electrons. The molecule has 1 fully saturated rings. The van der Waals surface area contributed by atoms with E-state index in [0.717, 1.165) is 41.4 Å². The maximum Gasteiger partial charge on any atom is 0.416 e. The summed E-state index contributed by atoms with van der Waals surface area (Å²) in [5, 5.41) is 11.0. The lowest BCUT2D eigenvalue weighted by Gasteiger charge is -2.20. The van der Waals surface area contributed by atoms with Crippen LogP contribution in [0, 0.1) is 13.8 Å². The van der Waals surface area contributed by atoms with Crippen molar-refractivity contribution in [1.29, 1.82) is 0 Å². The molecule has 9 heteroatoms. The van der Waals surface area contributed by atoms with Crippen LogP contribution in [0.1, 0.15) is 47.8 Å². The number of benzene rings is 1. The van der Waals surface area contributed by atoms with Crippen LogP contribution < -0.4 is 10.6 Å². The highest BCUT2D eigenvalue weighted by molar-refractivity contribution is 14.0. The fourth-order valence-electron chi connectivity index (χ4n) is 3.54. The van der Waals surface area contributed by atoms with Crippen molar-refractivity contribution in [2.45, 2.75) is 51.7 Å². The van der Waals surface area contributed by atoms with Crippen LogP contribution in [0.25, 0.3) is 0 Å². The zero-order chi connectivity index (χ0) is 21.2. The summed E-state index contributed by atoms with van der Waals surface area (Å²) in [5.74, 6) is 0.661. The van der Waals surface area contributed by atoms with Crippen molar-refractivity contribution in [3.05, 3.63) is 52.3 Å². The van der Waals surface area contributed by atoms with Crippen LogP contribution in [0.3, 0.4) is 0 Å². The Kier molecular flexibility index (Phi) is 7.81. The van der Waals surface area contributed by atoms with Crippen LogP contribution in [0.4, 0.5) is 13.2 Å². The van der Waals surface area contributed by atoms with E-state index in [1.54, 1.807) is 6.07 Å². The van der Waals surface area contributed by atoms with E-state index in [1.165, 1.54) is 12.1 Å². The van der Waals surface area contributed by atoms with Crippen molar-refractivity contribution < 1.29 is 13.2 Å². The van der Waals surface area contributed by atoms with E-state index >= 15 is 0 Å². The summed E-state index contributed by atoms with van der Waals surface area (Å²) >= 11 is 0. The quantitative estimate of drug-likeness (QED) is 0.327. The third-order valence-electron chi connectivity index (χ3n) is 5.65. The lowest BCUT2D eigenvalue weighted by Crippen LogP contribution is -2.41. The molecule has 0 radical (unpaired) electrons. The maximum atomic E-state index is 13.1. The van der Waals surface area contributed by atoms with Crippen molar-refractivity contribution in [2.24, 2.45) is 12.0 Å². The second kappa shape index (κ2) is 9.57.